The highest BCUT2D eigenvalue weighted by molar-refractivity contribution is 9.10. The lowest BCUT2D eigenvalue weighted by Gasteiger charge is -2.01. The van der Waals surface area contributed by atoms with Crippen LogP contribution in [0, 0.1) is 5.82 Å². The van der Waals surface area contributed by atoms with Crippen LogP contribution >= 0.6 is 15.9 Å². The number of nitrogens with one attached hydrogen (secondary N) is 1. The van der Waals surface area contributed by atoms with E-state index >= 15 is 0 Å². The van der Waals surface area contributed by atoms with E-state index < -0.39 is 0 Å². The number of hydrogen-bond donors (Lipinski definition) is 1. The van der Waals surface area contributed by atoms with Gasteiger partial charge in [0.15, 0.2) is 0 Å². The second kappa shape index (κ2) is 4.51. The molecular formula is C11H11BrFNO2. The first kappa shape index (κ1) is 11.5. The zero-order valence-electron chi connectivity index (χ0n) is 8.67. The highest BCUT2D eigenvalue weighted by atomic mass is 79.9. The average molecular weight is 288 g/mol. The molecule has 0 saturated carbocycles. The van der Waals surface area contributed by atoms with Crippen LogP contribution in [0.4, 0.5) is 4.39 Å². The first-order valence-electron chi connectivity index (χ1n) is 5.01. The molecule has 0 amide bonds. The Balaban J connectivity index is 2.06. The van der Waals surface area contributed by atoms with E-state index in [4.69, 9.17) is 4.74 Å². The quantitative estimate of drug-likeness (QED) is 0.685. The molecular weight excluding hydrogens is 277 g/mol. The molecule has 0 aliphatic carbocycles. The van der Waals surface area contributed by atoms with Crippen molar-refractivity contribution in [2.45, 2.75) is 19.0 Å². The van der Waals surface area contributed by atoms with Crippen LogP contribution in [0.5, 0.6) is 0 Å². The van der Waals surface area contributed by atoms with Gasteiger partial charge in [-0.2, -0.15) is 0 Å². The zero-order valence-corrected chi connectivity index (χ0v) is 10.3. The van der Waals surface area contributed by atoms with Gasteiger partial charge in [0.1, 0.15) is 11.9 Å². The molecule has 0 aromatic heterocycles. The molecule has 1 aliphatic rings. The van der Waals surface area contributed by atoms with Crippen LogP contribution in [0.3, 0.4) is 0 Å². The summed E-state index contributed by atoms with van der Waals surface area (Å²) in [6.45, 7) is 2.14. The van der Waals surface area contributed by atoms with Crippen molar-refractivity contribution in [3.05, 3.63) is 34.1 Å². The maximum atomic E-state index is 13.0. The molecule has 0 spiro atoms. The van der Waals surface area contributed by atoms with Crippen LogP contribution in [0.2, 0.25) is 0 Å². The fraction of sp³-hybridized carbons (Fsp3) is 0.364. The van der Waals surface area contributed by atoms with E-state index in [0.29, 0.717) is 11.1 Å². The van der Waals surface area contributed by atoms with Crippen LogP contribution in [-0.4, -0.2) is 18.6 Å². The van der Waals surface area contributed by atoms with Crippen molar-refractivity contribution in [3.63, 3.8) is 0 Å². The maximum absolute atomic E-state index is 13.0. The second-order valence-electron chi connectivity index (χ2n) is 3.55. The summed E-state index contributed by atoms with van der Waals surface area (Å²) in [6.07, 6.45) is 0. The highest BCUT2D eigenvalue weighted by Gasteiger charge is 2.44. The number of carbonyl (C=O) groups excluding carboxylic acids is 1. The molecule has 1 aromatic carbocycles. The largest absolute Gasteiger partial charge is 0.465 e. The molecule has 16 heavy (non-hydrogen) atoms. The monoisotopic (exact) mass is 287 g/mol. The fourth-order valence-electron chi connectivity index (χ4n) is 1.57. The molecule has 1 N–H and O–H groups in total. The van der Waals surface area contributed by atoms with Gasteiger partial charge in [0.2, 0.25) is 0 Å². The van der Waals surface area contributed by atoms with E-state index in [2.05, 4.69) is 21.2 Å². The van der Waals surface area contributed by atoms with Gasteiger partial charge in [-0.3, -0.25) is 10.1 Å². The second-order valence-corrected chi connectivity index (χ2v) is 4.40. The highest BCUT2D eigenvalue weighted by Crippen LogP contribution is 2.32. The van der Waals surface area contributed by atoms with Gasteiger partial charge < -0.3 is 4.74 Å². The van der Waals surface area contributed by atoms with Crippen molar-refractivity contribution in [2.75, 3.05) is 6.61 Å². The molecule has 1 heterocycles. The molecule has 1 aliphatic heterocycles. The van der Waals surface area contributed by atoms with Crippen LogP contribution in [-0.2, 0) is 9.53 Å². The van der Waals surface area contributed by atoms with Gasteiger partial charge >= 0.3 is 5.97 Å². The lowest BCUT2D eigenvalue weighted by Crippen LogP contribution is -2.13. The number of carbonyl (C=O) groups is 1. The number of ether oxygens (including phenoxy) is 1. The van der Waals surface area contributed by atoms with Gasteiger partial charge in [0, 0.05) is 0 Å². The maximum Gasteiger partial charge on any atom is 0.325 e. The topological polar surface area (TPSA) is 48.2 Å². The van der Waals surface area contributed by atoms with E-state index in [1.807, 2.05) is 0 Å². The predicted octanol–water partition coefficient (Wildman–Crippen LogP) is 2.16. The zero-order chi connectivity index (χ0) is 11.7. The summed E-state index contributed by atoms with van der Waals surface area (Å²) in [6, 6.07) is 4.36. The Morgan fingerprint density at radius 2 is 2.38 bits per heavy atom. The van der Waals surface area contributed by atoms with E-state index in [9.17, 15) is 9.18 Å². The third-order valence-corrected chi connectivity index (χ3v) is 3.03. The van der Waals surface area contributed by atoms with Crippen molar-refractivity contribution in [1.82, 2.24) is 5.32 Å². The van der Waals surface area contributed by atoms with Crippen molar-refractivity contribution >= 4 is 21.9 Å². The number of esters is 1. The van der Waals surface area contributed by atoms with Crippen LogP contribution in [0.1, 0.15) is 18.5 Å². The number of rotatable bonds is 3. The summed E-state index contributed by atoms with van der Waals surface area (Å²) >= 11 is 3.11. The van der Waals surface area contributed by atoms with Gasteiger partial charge in [-0.15, -0.1) is 0 Å². The van der Waals surface area contributed by atoms with Crippen LogP contribution in [0.15, 0.2) is 22.7 Å². The smallest absolute Gasteiger partial charge is 0.325 e. The summed E-state index contributed by atoms with van der Waals surface area (Å²) in [5.74, 6) is -0.565. The minimum absolute atomic E-state index is 0.0593. The van der Waals surface area contributed by atoms with Crippen LogP contribution < -0.4 is 5.32 Å². The third kappa shape index (κ3) is 2.25. The summed E-state index contributed by atoms with van der Waals surface area (Å²) in [4.78, 5) is 11.4. The minimum atomic E-state index is -0.308. The fourth-order valence-corrected chi connectivity index (χ4v) is 1.97. The van der Waals surface area contributed by atoms with Gasteiger partial charge in [-0.1, -0.05) is 6.07 Å². The number of hydrogen-bond acceptors (Lipinski definition) is 3. The van der Waals surface area contributed by atoms with Gasteiger partial charge in [-0.25, -0.2) is 4.39 Å². The van der Waals surface area contributed by atoms with E-state index in [-0.39, 0.29) is 23.9 Å². The molecule has 1 aromatic rings. The Labute approximate surface area is 101 Å². The Morgan fingerprint density at radius 3 is 3.00 bits per heavy atom. The summed E-state index contributed by atoms with van der Waals surface area (Å²) in [7, 11) is 0. The SMILES string of the molecule is CCOC(=O)C1NC1c1ccc(F)c(Br)c1. The molecule has 2 atom stereocenters. The molecule has 0 radical (unpaired) electrons. The normalized spacial score (nSPS) is 22.9. The number of benzene rings is 1. The Hall–Kier alpha value is -0.940. The molecule has 86 valence electrons. The number of halogens is 2. The molecule has 1 saturated heterocycles. The van der Waals surface area contributed by atoms with Crippen molar-refractivity contribution in [2.24, 2.45) is 0 Å². The molecule has 0 bridgehead atoms. The summed E-state index contributed by atoms with van der Waals surface area (Å²) < 4.78 is 18.3. The van der Waals surface area contributed by atoms with Crippen molar-refractivity contribution in [1.29, 1.82) is 0 Å². The molecule has 1 fully saturated rings. The van der Waals surface area contributed by atoms with Crippen molar-refractivity contribution in [3.8, 4) is 0 Å². The van der Waals surface area contributed by atoms with Crippen LogP contribution in [0.25, 0.3) is 0 Å². The van der Waals surface area contributed by atoms with E-state index in [1.165, 1.54) is 6.07 Å². The Bertz CT molecular complexity index is 424. The Morgan fingerprint density at radius 1 is 1.62 bits per heavy atom. The van der Waals surface area contributed by atoms with E-state index in [0.717, 1.165) is 5.56 Å². The van der Waals surface area contributed by atoms with Gasteiger partial charge in [0.25, 0.3) is 0 Å². The summed E-state index contributed by atoms with van der Waals surface area (Å²) in [5.41, 5.74) is 0.881. The first-order valence-corrected chi connectivity index (χ1v) is 5.80. The molecule has 3 nitrogen and oxygen atoms in total. The van der Waals surface area contributed by atoms with E-state index in [1.54, 1.807) is 19.1 Å². The third-order valence-electron chi connectivity index (χ3n) is 2.43. The molecule has 5 heteroatoms. The molecule has 2 unspecified atom stereocenters. The Kier molecular flexibility index (Phi) is 3.25. The average Bonchev–Trinajstić information content (AvgIpc) is 3.02. The molecule has 2 rings (SSSR count). The lowest BCUT2D eigenvalue weighted by atomic mass is 10.1. The van der Waals surface area contributed by atoms with Gasteiger partial charge in [0.05, 0.1) is 17.1 Å². The lowest BCUT2D eigenvalue weighted by molar-refractivity contribution is -0.142. The standard InChI is InChI=1S/C11H11BrFNO2/c1-2-16-11(15)10-9(14-10)6-3-4-8(13)7(12)5-6/h3-5,9-10,14H,2H2,1H3. The first-order chi connectivity index (χ1) is 7.63. The minimum Gasteiger partial charge on any atom is -0.465 e. The van der Waals surface area contributed by atoms with Gasteiger partial charge in [-0.05, 0) is 40.5 Å². The van der Waals surface area contributed by atoms with Crippen molar-refractivity contribution < 1.29 is 13.9 Å². The summed E-state index contributed by atoms with van der Waals surface area (Å²) in [5, 5.41) is 3.00. The predicted molar refractivity (Wildman–Crippen MR) is 60.4 cm³/mol.